The predicted octanol–water partition coefficient (Wildman–Crippen LogP) is 5.15. The molecule has 1 saturated heterocycles. The molecule has 0 spiro atoms. The highest BCUT2D eigenvalue weighted by molar-refractivity contribution is 5.85. The molecule has 0 N–H and O–H groups in total. The fourth-order valence-corrected chi connectivity index (χ4v) is 3.35. The van der Waals surface area contributed by atoms with Gasteiger partial charge in [0, 0.05) is 12.3 Å². The maximum absolute atomic E-state index is 12.6. The molecule has 2 nitrogen and oxygen atoms in total. The highest BCUT2D eigenvalue weighted by Crippen LogP contribution is 2.45. The van der Waals surface area contributed by atoms with E-state index in [0.29, 0.717) is 12.2 Å². The second-order valence-corrected chi connectivity index (χ2v) is 7.38. The van der Waals surface area contributed by atoms with Crippen LogP contribution < -0.4 is 0 Å². The number of hydrogen-bond donors (Lipinski definition) is 0. The molecule has 122 valence electrons. The number of Topliss-reactive ketones (excluding diaryl/α,β-unsaturated/α-hetero) is 1. The van der Waals surface area contributed by atoms with Gasteiger partial charge in [0.15, 0.2) is 0 Å². The Morgan fingerprint density at radius 3 is 2.64 bits per heavy atom. The summed E-state index contributed by atoms with van der Waals surface area (Å²) in [6.07, 6.45) is 10.3. The van der Waals surface area contributed by atoms with E-state index in [1.165, 1.54) is 11.1 Å². The summed E-state index contributed by atoms with van der Waals surface area (Å²) < 4.78 is 5.93. The average Bonchev–Trinajstić information content (AvgIpc) is 3.05. The third-order valence-electron chi connectivity index (χ3n) is 5.09. The molecule has 2 aliphatic rings. The second kappa shape index (κ2) is 6.95. The highest BCUT2D eigenvalue weighted by atomic mass is 16.6. The molecule has 0 amide bonds. The summed E-state index contributed by atoms with van der Waals surface area (Å²) in [5.74, 6) is 0.235. The van der Waals surface area contributed by atoms with Crippen molar-refractivity contribution in [2.45, 2.75) is 77.9 Å². The Morgan fingerprint density at radius 2 is 1.95 bits per heavy atom. The van der Waals surface area contributed by atoms with E-state index in [1.807, 2.05) is 6.92 Å². The van der Waals surface area contributed by atoms with Crippen LogP contribution in [-0.2, 0) is 9.53 Å². The smallest absolute Gasteiger partial charge is 0.144 e. The van der Waals surface area contributed by atoms with Gasteiger partial charge in [-0.15, -0.1) is 0 Å². The number of epoxide rings is 1. The number of allylic oxidation sites excluding steroid dienone is 5. The number of ketones is 1. The van der Waals surface area contributed by atoms with Gasteiger partial charge in [0.2, 0.25) is 0 Å². The molecule has 1 aliphatic carbocycles. The summed E-state index contributed by atoms with van der Waals surface area (Å²) in [7, 11) is 0. The molecule has 3 atom stereocenters. The van der Waals surface area contributed by atoms with Gasteiger partial charge in [-0.1, -0.05) is 35.5 Å². The summed E-state index contributed by atoms with van der Waals surface area (Å²) in [5.41, 5.74) is 3.55. The van der Waals surface area contributed by atoms with Crippen molar-refractivity contribution in [2.24, 2.45) is 5.92 Å². The first-order valence-corrected chi connectivity index (χ1v) is 8.49. The molecule has 1 fully saturated rings. The fraction of sp³-hybridized carbons (Fsp3) is 0.650. The standard InChI is InChI=1S/C20H30O2/c1-14(2)17-13-19-20(5,22-19)11-7-10-15(3)8-6-9-16(4)12-18(17)21/h9-10,17,19H,1,6-8,11-13H2,2-5H3/b15-10+,16-9+/t17-,19+,20+/m1/s1. The van der Waals surface area contributed by atoms with E-state index in [9.17, 15) is 4.79 Å². The number of fused-ring (bicyclic) bond motifs is 1. The van der Waals surface area contributed by atoms with E-state index in [0.717, 1.165) is 37.7 Å². The van der Waals surface area contributed by atoms with Crippen LogP contribution in [0.5, 0.6) is 0 Å². The highest BCUT2D eigenvalue weighted by Gasteiger charge is 2.52. The molecule has 1 heterocycles. The van der Waals surface area contributed by atoms with E-state index in [2.05, 4.69) is 39.5 Å². The van der Waals surface area contributed by atoms with Crippen LogP contribution >= 0.6 is 0 Å². The molecule has 0 bridgehead atoms. The zero-order chi connectivity index (χ0) is 16.3. The van der Waals surface area contributed by atoms with Crippen molar-refractivity contribution in [3.05, 3.63) is 35.5 Å². The zero-order valence-electron chi connectivity index (χ0n) is 14.6. The lowest BCUT2D eigenvalue weighted by molar-refractivity contribution is -0.121. The quantitative estimate of drug-likeness (QED) is 0.495. The van der Waals surface area contributed by atoms with Crippen LogP contribution in [0.2, 0.25) is 0 Å². The maximum atomic E-state index is 12.6. The Kier molecular flexibility index (Phi) is 5.44. The maximum Gasteiger partial charge on any atom is 0.144 e. The molecule has 0 radical (unpaired) electrons. The molecular formula is C20H30O2. The third-order valence-corrected chi connectivity index (χ3v) is 5.09. The van der Waals surface area contributed by atoms with Crippen molar-refractivity contribution >= 4 is 5.78 Å². The van der Waals surface area contributed by atoms with Gasteiger partial charge in [-0.3, -0.25) is 4.79 Å². The van der Waals surface area contributed by atoms with Crippen molar-refractivity contribution < 1.29 is 9.53 Å². The van der Waals surface area contributed by atoms with E-state index < -0.39 is 0 Å². The summed E-state index contributed by atoms with van der Waals surface area (Å²) in [5, 5.41) is 0. The van der Waals surface area contributed by atoms with Crippen LogP contribution in [0.3, 0.4) is 0 Å². The topological polar surface area (TPSA) is 29.6 Å². The molecule has 0 aromatic heterocycles. The van der Waals surface area contributed by atoms with E-state index in [1.54, 1.807) is 0 Å². The summed E-state index contributed by atoms with van der Waals surface area (Å²) in [6.45, 7) is 12.4. The fourth-order valence-electron chi connectivity index (χ4n) is 3.35. The van der Waals surface area contributed by atoms with E-state index in [4.69, 9.17) is 4.74 Å². The van der Waals surface area contributed by atoms with Crippen molar-refractivity contribution in [2.75, 3.05) is 0 Å². The minimum Gasteiger partial charge on any atom is -0.366 e. The monoisotopic (exact) mass is 302 g/mol. The molecule has 22 heavy (non-hydrogen) atoms. The molecule has 2 rings (SSSR count). The Balaban J connectivity index is 2.14. The molecule has 0 aromatic rings. The van der Waals surface area contributed by atoms with Crippen molar-refractivity contribution in [1.82, 2.24) is 0 Å². The largest absolute Gasteiger partial charge is 0.366 e. The molecule has 0 unspecified atom stereocenters. The average molecular weight is 302 g/mol. The first-order chi connectivity index (χ1) is 10.3. The van der Waals surface area contributed by atoms with Gasteiger partial charge in [0.1, 0.15) is 5.78 Å². The first kappa shape index (κ1) is 17.2. The van der Waals surface area contributed by atoms with Crippen LogP contribution in [0.15, 0.2) is 35.5 Å². The van der Waals surface area contributed by atoms with Gasteiger partial charge in [-0.2, -0.15) is 0 Å². The number of ether oxygens (including phenoxy) is 1. The van der Waals surface area contributed by atoms with Crippen LogP contribution in [0.1, 0.15) is 66.2 Å². The summed E-state index contributed by atoms with van der Waals surface area (Å²) in [6, 6.07) is 0. The van der Waals surface area contributed by atoms with E-state index >= 15 is 0 Å². The van der Waals surface area contributed by atoms with Gasteiger partial charge in [0.05, 0.1) is 11.7 Å². The zero-order valence-corrected chi connectivity index (χ0v) is 14.6. The second-order valence-electron chi connectivity index (χ2n) is 7.38. The number of carbonyl (C=O) groups excluding carboxylic acids is 1. The van der Waals surface area contributed by atoms with Gasteiger partial charge in [0.25, 0.3) is 0 Å². The molecule has 0 saturated carbocycles. The molecule has 1 aliphatic heterocycles. The number of carbonyl (C=O) groups is 1. The first-order valence-electron chi connectivity index (χ1n) is 8.49. The lowest BCUT2D eigenvalue weighted by atomic mass is 9.85. The van der Waals surface area contributed by atoms with Crippen molar-refractivity contribution in [1.29, 1.82) is 0 Å². The molecule has 2 heteroatoms. The normalized spacial score (nSPS) is 38.8. The van der Waals surface area contributed by atoms with Crippen LogP contribution in [-0.4, -0.2) is 17.5 Å². The predicted molar refractivity (Wildman–Crippen MR) is 91.8 cm³/mol. The molecule has 0 aromatic carbocycles. The molecular weight excluding hydrogens is 272 g/mol. The minimum absolute atomic E-state index is 0.0419. The minimum atomic E-state index is -0.0598. The summed E-state index contributed by atoms with van der Waals surface area (Å²) in [4.78, 5) is 12.6. The Morgan fingerprint density at radius 1 is 1.27 bits per heavy atom. The lowest BCUT2D eigenvalue weighted by Crippen LogP contribution is -2.21. The lowest BCUT2D eigenvalue weighted by Gasteiger charge is -2.16. The van der Waals surface area contributed by atoms with Crippen LogP contribution in [0.4, 0.5) is 0 Å². The van der Waals surface area contributed by atoms with E-state index in [-0.39, 0.29) is 17.6 Å². The summed E-state index contributed by atoms with van der Waals surface area (Å²) >= 11 is 0. The van der Waals surface area contributed by atoms with Crippen molar-refractivity contribution in [3.8, 4) is 0 Å². The van der Waals surface area contributed by atoms with Crippen molar-refractivity contribution in [3.63, 3.8) is 0 Å². The van der Waals surface area contributed by atoms with Gasteiger partial charge in [-0.25, -0.2) is 0 Å². The van der Waals surface area contributed by atoms with Gasteiger partial charge in [-0.05, 0) is 59.8 Å². The Labute approximate surface area is 135 Å². The van der Waals surface area contributed by atoms with Gasteiger partial charge < -0.3 is 4.74 Å². The Hall–Kier alpha value is -1.15. The number of rotatable bonds is 1. The Bertz CT molecular complexity index is 512. The van der Waals surface area contributed by atoms with Crippen LogP contribution in [0.25, 0.3) is 0 Å². The van der Waals surface area contributed by atoms with Crippen LogP contribution in [0, 0.1) is 5.92 Å². The number of hydrogen-bond acceptors (Lipinski definition) is 2. The third kappa shape index (κ3) is 4.42. The van der Waals surface area contributed by atoms with Gasteiger partial charge >= 0.3 is 0 Å². The SMILES string of the molecule is C=C(C)[C@H]1C[C@@H]2O[C@@]2(C)CC/C=C(\C)CC/C=C(\C)CC1=O.